The third-order valence-corrected chi connectivity index (χ3v) is 4.98. The SMILES string of the molecule is O=C(NCc1nnc2ccccn12)C1CCN(C(=O)Nc2ccccc2)CC1. The fourth-order valence-electron chi connectivity index (χ4n) is 3.39. The van der Waals surface area contributed by atoms with E-state index in [-0.39, 0.29) is 17.9 Å². The molecule has 0 spiro atoms. The summed E-state index contributed by atoms with van der Waals surface area (Å²) >= 11 is 0. The number of nitrogens with one attached hydrogen (secondary N) is 2. The van der Waals surface area contributed by atoms with Crippen LogP contribution in [0.2, 0.25) is 0 Å². The van der Waals surface area contributed by atoms with Gasteiger partial charge in [0.2, 0.25) is 5.91 Å². The molecule has 1 aliphatic heterocycles. The predicted molar refractivity (Wildman–Crippen MR) is 105 cm³/mol. The first-order valence-electron chi connectivity index (χ1n) is 9.38. The van der Waals surface area contributed by atoms with E-state index in [4.69, 9.17) is 0 Å². The molecule has 0 saturated carbocycles. The molecule has 1 aromatic carbocycles. The van der Waals surface area contributed by atoms with Crippen molar-refractivity contribution in [2.24, 2.45) is 5.92 Å². The fraction of sp³-hybridized carbons (Fsp3) is 0.300. The smallest absolute Gasteiger partial charge is 0.321 e. The van der Waals surface area contributed by atoms with Gasteiger partial charge in [0.1, 0.15) is 0 Å². The van der Waals surface area contributed by atoms with Crippen molar-refractivity contribution >= 4 is 23.3 Å². The minimum absolute atomic E-state index is 0.00389. The molecule has 0 aliphatic carbocycles. The Morgan fingerprint density at radius 2 is 1.75 bits per heavy atom. The van der Waals surface area contributed by atoms with Crippen molar-refractivity contribution in [1.29, 1.82) is 0 Å². The Kier molecular flexibility index (Phi) is 5.18. The van der Waals surface area contributed by atoms with Gasteiger partial charge >= 0.3 is 6.03 Å². The van der Waals surface area contributed by atoms with E-state index < -0.39 is 0 Å². The number of likely N-dealkylation sites (tertiary alicyclic amines) is 1. The summed E-state index contributed by atoms with van der Waals surface area (Å²) in [6, 6.07) is 14.9. The van der Waals surface area contributed by atoms with Crippen LogP contribution in [-0.4, -0.2) is 44.5 Å². The van der Waals surface area contributed by atoms with Crippen LogP contribution in [0.15, 0.2) is 54.7 Å². The summed E-state index contributed by atoms with van der Waals surface area (Å²) in [5.74, 6) is 0.597. The van der Waals surface area contributed by atoms with Gasteiger partial charge in [-0.2, -0.15) is 0 Å². The Balaban J connectivity index is 1.26. The minimum Gasteiger partial charge on any atom is -0.349 e. The van der Waals surface area contributed by atoms with Crippen molar-refractivity contribution in [3.8, 4) is 0 Å². The molecule has 1 fully saturated rings. The molecule has 0 unspecified atom stereocenters. The fourth-order valence-corrected chi connectivity index (χ4v) is 3.39. The third kappa shape index (κ3) is 3.95. The predicted octanol–water partition coefficient (Wildman–Crippen LogP) is 2.29. The number of hydrogen-bond donors (Lipinski definition) is 2. The molecular weight excluding hydrogens is 356 g/mol. The van der Waals surface area contributed by atoms with Crippen LogP contribution in [0.4, 0.5) is 10.5 Å². The van der Waals surface area contributed by atoms with E-state index in [0.717, 1.165) is 11.3 Å². The first-order chi connectivity index (χ1) is 13.7. The zero-order valence-corrected chi connectivity index (χ0v) is 15.4. The molecule has 28 heavy (non-hydrogen) atoms. The maximum Gasteiger partial charge on any atom is 0.321 e. The molecule has 3 amide bonds. The van der Waals surface area contributed by atoms with E-state index in [1.54, 1.807) is 4.90 Å². The molecule has 0 radical (unpaired) electrons. The van der Waals surface area contributed by atoms with Gasteiger partial charge in [-0.3, -0.25) is 9.20 Å². The molecule has 0 atom stereocenters. The minimum atomic E-state index is -0.125. The lowest BCUT2D eigenvalue weighted by atomic mass is 9.96. The summed E-state index contributed by atoms with van der Waals surface area (Å²) in [5.41, 5.74) is 1.53. The van der Waals surface area contributed by atoms with Crippen molar-refractivity contribution in [2.75, 3.05) is 18.4 Å². The number of urea groups is 1. The van der Waals surface area contributed by atoms with Gasteiger partial charge < -0.3 is 15.5 Å². The second kappa shape index (κ2) is 8.08. The summed E-state index contributed by atoms with van der Waals surface area (Å²) in [4.78, 5) is 26.6. The molecule has 2 N–H and O–H groups in total. The zero-order valence-electron chi connectivity index (χ0n) is 15.4. The lowest BCUT2D eigenvalue weighted by Crippen LogP contribution is -2.44. The second-order valence-electron chi connectivity index (χ2n) is 6.82. The number of anilines is 1. The lowest BCUT2D eigenvalue weighted by Gasteiger charge is -2.31. The van der Waals surface area contributed by atoms with Crippen LogP contribution >= 0.6 is 0 Å². The number of carbonyl (C=O) groups excluding carboxylic acids is 2. The number of hydrogen-bond acceptors (Lipinski definition) is 4. The number of fused-ring (bicyclic) bond motifs is 1. The van der Waals surface area contributed by atoms with Gasteiger partial charge in [-0.25, -0.2) is 4.79 Å². The summed E-state index contributed by atoms with van der Waals surface area (Å²) in [6.45, 7) is 1.45. The average Bonchev–Trinajstić information content (AvgIpc) is 3.16. The van der Waals surface area contributed by atoms with Crippen LogP contribution in [0, 0.1) is 5.92 Å². The topological polar surface area (TPSA) is 91.6 Å². The van der Waals surface area contributed by atoms with E-state index in [0.29, 0.717) is 38.3 Å². The maximum absolute atomic E-state index is 12.5. The van der Waals surface area contributed by atoms with Crippen LogP contribution in [0.1, 0.15) is 18.7 Å². The molecule has 144 valence electrons. The number of carbonyl (C=O) groups is 2. The Labute approximate surface area is 162 Å². The number of para-hydroxylation sites is 1. The van der Waals surface area contributed by atoms with Crippen molar-refractivity contribution < 1.29 is 9.59 Å². The zero-order chi connectivity index (χ0) is 19.3. The van der Waals surface area contributed by atoms with Crippen molar-refractivity contribution in [1.82, 2.24) is 24.8 Å². The maximum atomic E-state index is 12.5. The summed E-state index contributed by atoms with van der Waals surface area (Å²) in [6.07, 6.45) is 3.17. The molecule has 1 saturated heterocycles. The number of amides is 3. The van der Waals surface area contributed by atoms with Gasteiger partial charge in [-0.05, 0) is 37.1 Å². The lowest BCUT2D eigenvalue weighted by molar-refractivity contribution is -0.126. The van der Waals surface area contributed by atoms with Gasteiger partial charge in [-0.1, -0.05) is 24.3 Å². The highest BCUT2D eigenvalue weighted by atomic mass is 16.2. The molecular formula is C20H22N6O2. The van der Waals surface area contributed by atoms with Crippen LogP contribution < -0.4 is 10.6 Å². The first-order valence-corrected chi connectivity index (χ1v) is 9.38. The van der Waals surface area contributed by atoms with Crippen molar-refractivity contribution in [3.05, 3.63) is 60.6 Å². The first kappa shape index (κ1) is 18.0. The number of piperidine rings is 1. The van der Waals surface area contributed by atoms with Crippen LogP contribution in [-0.2, 0) is 11.3 Å². The Morgan fingerprint density at radius 3 is 2.54 bits per heavy atom. The molecule has 1 aliphatic rings. The summed E-state index contributed by atoms with van der Waals surface area (Å²) < 4.78 is 1.86. The quantitative estimate of drug-likeness (QED) is 0.729. The highest BCUT2D eigenvalue weighted by molar-refractivity contribution is 5.89. The molecule has 8 heteroatoms. The van der Waals surface area contributed by atoms with E-state index in [1.165, 1.54) is 0 Å². The van der Waals surface area contributed by atoms with Crippen molar-refractivity contribution in [3.63, 3.8) is 0 Å². The number of aromatic nitrogens is 3. The van der Waals surface area contributed by atoms with E-state index in [1.807, 2.05) is 59.1 Å². The number of pyridine rings is 1. The molecule has 3 heterocycles. The normalized spacial score (nSPS) is 14.8. The number of rotatable bonds is 4. The Bertz CT molecular complexity index is 963. The summed E-state index contributed by atoms with van der Waals surface area (Å²) in [7, 11) is 0. The van der Waals surface area contributed by atoms with Crippen molar-refractivity contribution in [2.45, 2.75) is 19.4 Å². The molecule has 3 aromatic rings. The van der Waals surface area contributed by atoms with Gasteiger partial charge in [0.05, 0.1) is 6.54 Å². The highest BCUT2D eigenvalue weighted by Gasteiger charge is 2.27. The van der Waals surface area contributed by atoms with Crippen LogP contribution in [0.5, 0.6) is 0 Å². The van der Waals surface area contributed by atoms with Gasteiger partial charge in [0.25, 0.3) is 0 Å². The standard InChI is InChI=1S/C20H22N6O2/c27-19(21-14-18-24-23-17-8-4-5-11-26(17)18)15-9-12-25(13-10-15)20(28)22-16-6-2-1-3-7-16/h1-8,11,15H,9-10,12-14H2,(H,21,27)(H,22,28). The number of benzene rings is 1. The van der Waals surface area contributed by atoms with Gasteiger partial charge in [0.15, 0.2) is 11.5 Å². The largest absolute Gasteiger partial charge is 0.349 e. The average molecular weight is 378 g/mol. The number of nitrogens with zero attached hydrogens (tertiary/aromatic N) is 4. The molecule has 8 nitrogen and oxygen atoms in total. The van der Waals surface area contributed by atoms with E-state index >= 15 is 0 Å². The monoisotopic (exact) mass is 378 g/mol. The van der Waals surface area contributed by atoms with Crippen LogP contribution in [0.25, 0.3) is 5.65 Å². The van der Waals surface area contributed by atoms with E-state index in [2.05, 4.69) is 20.8 Å². The summed E-state index contributed by atoms with van der Waals surface area (Å²) in [5, 5.41) is 14.0. The second-order valence-corrected chi connectivity index (χ2v) is 6.82. The third-order valence-electron chi connectivity index (χ3n) is 4.98. The van der Waals surface area contributed by atoms with E-state index in [9.17, 15) is 9.59 Å². The Morgan fingerprint density at radius 1 is 1.00 bits per heavy atom. The molecule has 0 bridgehead atoms. The molecule has 2 aromatic heterocycles. The van der Waals surface area contributed by atoms with Gasteiger partial charge in [-0.15, -0.1) is 10.2 Å². The highest BCUT2D eigenvalue weighted by Crippen LogP contribution is 2.19. The Hall–Kier alpha value is -3.42. The molecule has 4 rings (SSSR count). The van der Waals surface area contributed by atoms with Gasteiger partial charge in [0, 0.05) is 30.9 Å². The van der Waals surface area contributed by atoms with Crippen LogP contribution in [0.3, 0.4) is 0 Å².